The van der Waals surface area contributed by atoms with E-state index in [1.54, 1.807) is 24.3 Å². The van der Waals surface area contributed by atoms with E-state index in [2.05, 4.69) is 4.83 Å². The number of sulfonamides is 1. The van der Waals surface area contributed by atoms with Gasteiger partial charge in [0.05, 0.1) is 24.3 Å². The molecule has 2 rings (SSSR count). The molecule has 1 N–H and O–H groups in total. The number of ether oxygens (including phenoxy) is 1. The van der Waals surface area contributed by atoms with Gasteiger partial charge >= 0.3 is 0 Å². The van der Waals surface area contributed by atoms with Crippen LogP contribution in [0.3, 0.4) is 0 Å². The van der Waals surface area contributed by atoms with Gasteiger partial charge in [0, 0.05) is 6.92 Å². The van der Waals surface area contributed by atoms with Crippen molar-refractivity contribution >= 4 is 32.8 Å². The molecule has 2 aromatic carbocycles. The summed E-state index contributed by atoms with van der Waals surface area (Å²) in [6.07, 6.45) is 0. The highest BCUT2D eigenvalue weighted by Crippen LogP contribution is 2.16. The Morgan fingerprint density at radius 1 is 1.07 bits per heavy atom. The fraction of sp³-hybridized carbons (Fsp3) is 0.222. The van der Waals surface area contributed by atoms with E-state index in [1.165, 1.54) is 38.3 Å². The molecule has 0 saturated heterocycles. The summed E-state index contributed by atoms with van der Waals surface area (Å²) < 4.78 is 30.3. The number of amides is 1. The number of hydrogen-bond donors (Lipinski definition) is 1. The molecule has 0 atom stereocenters. The minimum atomic E-state index is -3.98. The second kappa shape index (κ2) is 9.54. The number of benzene rings is 2. The lowest BCUT2D eigenvalue weighted by molar-refractivity contribution is -0.130. The van der Waals surface area contributed by atoms with Crippen LogP contribution in [0.2, 0.25) is 0 Å². The van der Waals surface area contributed by atoms with Crippen LogP contribution in [0.25, 0.3) is 0 Å². The maximum atomic E-state index is 12.7. The Morgan fingerprint density at radius 2 is 1.70 bits per heavy atom. The third kappa shape index (κ3) is 6.38. The Bertz CT molecular complexity index is 884. The largest absolute Gasteiger partial charge is 0.497 e. The quantitative estimate of drug-likeness (QED) is 0.673. The molecule has 0 spiro atoms. The van der Waals surface area contributed by atoms with Crippen LogP contribution < -0.4 is 9.57 Å². The van der Waals surface area contributed by atoms with Gasteiger partial charge in [-0.25, -0.2) is 8.42 Å². The fourth-order valence-corrected chi connectivity index (χ4v) is 3.67. The monoisotopic (exact) mass is 408 g/mol. The Labute approximate surface area is 162 Å². The summed E-state index contributed by atoms with van der Waals surface area (Å²) in [6.45, 7) is 1.38. The summed E-state index contributed by atoms with van der Waals surface area (Å²) in [7, 11) is -2.50. The van der Waals surface area contributed by atoms with E-state index in [1.807, 2.05) is 6.07 Å². The van der Waals surface area contributed by atoms with Crippen molar-refractivity contribution < 1.29 is 22.7 Å². The van der Waals surface area contributed by atoms with Gasteiger partial charge in [0.25, 0.3) is 10.0 Å². The maximum absolute atomic E-state index is 12.7. The number of thioether (sulfide) groups is 1. The molecule has 0 bridgehead atoms. The van der Waals surface area contributed by atoms with Gasteiger partial charge in [-0.1, -0.05) is 42.1 Å². The van der Waals surface area contributed by atoms with Crippen LogP contribution in [-0.4, -0.2) is 37.3 Å². The molecule has 0 aromatic heterocycles. The molecule has 1 amide bonds. The molecule has 0 unspecified atom stereocenters. The van der Waals surface area contributed by atoms with Crippen LogP contribution in [0, 0.1) is 0 Å². The zero-order chi connectivity index (χ0) is 19.9. The molecule has 144 valence electrons. The maximum Gasteiger partial charge on any atom is 0.257 e. The van der Waals surface area contributed by atoms with Crippen LogP contribution in [0.15, 0.2) is 59.5 Å². The third-order valence-corrected chi connectivity index (χ3v) is 5.63. The molecule has 0 saturated carbocycles. The van der Waals surface area contributed by atoms with E-state index in [0.29, 0.717) is 5.75 Å². The molecule has 0 aliphatic heterocycles. The lowest BCUT2D eigenvalue weighted by Gasteiger charge is -2.23. The summed E-state index contributed by atoms with van der Waals surface area (Å²) in [5.74, 6) is -0.159. The highest BCUT2D eigenvalue weighted by atomic mass is 32.2. The third-order valence-electron chi connectivity index (χ3n) is 3.48. The van der Waals surface area contributed by atoms with Crippen LogP contribution in [-0.2, 0) is 26.2 Å². The molecule has 0 aliphatic rings. The Balaban J connectivity index is 2.22. The Kier molecular flexibility index (Phi) is 7.40. The molecule has 0 radical (unpaired) electrons. The van der Waals surface area contributed by atoms with Gasteiger partial charge in [-0.15, -0.1) is 4.83 Å². The van der Waals surface area contributed by atoms with Crippen LogP contribution in [0.5, 0.6) is 5.75 Å². The zero-order valence-corrected chi connectivity index (χ0v) is 16.5. The second-order valence-electron chi connectivity index (χ2n) is 5.52. The topological polar surface area (TPSA) is 92.8 Å². The summed E-state index contributed by atoms with van der Waals surface area (Å²) >= 11 is 0.824. The first-order chi connectivity index (χ1) is 12.8. The molecule has 7 nitrogen and oxygen atoms in total. The van der Waals surface area contributed by atoms with Crippen molar-refractivity contribution in [2.45, 2.75) is 18.4 Å². The molecular weight excluding hydrogens is 388 g/mol. The van der Waals surface area contributed by atoms with Gasteiger partial charge in [0.15, 0.2) is 5.12 Å². The molecule has 0 heterocycles. The highest BCUT2D eigenvalue weighted by Gasteiger charge is 2.23. The van der Waals surface area contributed by atoms with E-state index in [9.17, 15) is 18.0 Å². The van der Waals surface area contributed by atoms with Gasteiger partial charge in [-0.05, 0) is 29.8 Å². The van der Waals surface area contributed by atoms with Crippen LogP contribution in [0.1, 0.15) is 12.5 Å². The first-order valence-electron chi connectivity index (χ1n) is 7.96. The first kappa shape index (κ1) is 20.9. The highest BCUT2D eigenvalue weighted by molar-refractivity contribution is 8.14. The molecule has 0 fully saturated rings. The molecule has 27 heavy (non-hydrogen) atoms. The van der Waals surface area contributed by atoms with Crippen LogP contribution >= 0.6 is 11.8 Å². The van der Waals surface area contributed by atoms with E-state index < -0.39 is 15.9 Å². The standard InChI is InChI=1S/C18H20N2O5S2/c1-14(21)26-13-18(22)20(12-15-6-4-3-5-7-15)19-27(23,24)17-10-8-16(25-2)9-11-17/h3-11,19H,12-13H2,1-2H3. The normalized spacial score (nSPS) is 11.0. The van der Waals surface area contributed by atoms with Crippen molar-refractivity contribution in [1.29, 1.82) is 0 Å². The van der Waals surface area contributed by atoms with Crippen molar-refractivity contribution in [2.75, 3.05) is 12.9 Å². The number of hydrazine groups is 1. The summed E-state index contributed by atoms with van der Waals surface area (Å²) in [6, 6.07) is 14.8. The lowest BCUT2D eigenvalue weighted by atomic mass is 10.2. The SMILES string of the molecule is COc1ccc(S(=O)(=O)NN(Cc2ccccc2)C(=O)CSC(C)=O)cc1. The van der Waals surface area contributed by atoms with E-state index in [0.717, 1.165) is 22.3 Å². The number of carbonyl (C=O) groups excluding carboxylic acids is 2. The number of rotatable bonds is 8. The molecule has 0 aliphatic carbocycles. The van der Waals surface area contributed by atoms with Gasteiger partial charge in [-0.3, -0.25) is 14.6 Å². The smallest absolute Gasteiger partial charge is 0.257 e. The predicted molar refractivity (Wildman–Crippen MR) is 103 cm³/mol. The number of nitrogens with one attached hydrogen (secondary N) is 1. The minimum Gasteiger partial charge on any atom is -0.497 e. The molecule has 9 heteroatoms. The molecular formula is C18H20N2O5S2. The van der Waals surface area contributed by atoms with E-state index >= 15 is 0 Å². The van der Waals surface area contributed by atoms with Gasteiger partial charge in [-0.2, -0.15) is 0 Å². The first-order valence-corrected chi connectivity index (χ1v) is 10.4. The van der Waals surface area contributed by atoms with Crippen LogP contribution in [0.4, 0.5) is 0 Å². The van der Waals surface area contributed by atoms with Crippen molar-refractivity contribution in [3.05, 3.63) is 60.2 Å². The van der Waals surface area contributed by atoms with Gasteiger partial charge in [0.2, 0.25) is 5.91 Å². The van der Waals surface area contributed by atoms with Crippen molar-refractivity contribution in [3.63, 3.8) is 0 Å². The predicted octanol–water partition coefficient (Wildman–Crippen LogP) is 2.20. The zero-order valence-electron chi connectivity index (χ0n) is 14.9. The summed E-state index contributed by atoms with van der Waals surface area (Å²) in [5.41, 5.74) is 0.746. The van der Waals surface area contributed by atoms with Gasteiger partial charge < -0.3 is 4.74 Å². The number of hydrogen-bond acceptors (Lipinski definition) is 6. The van der Waals surface area contributed by atoms with E-state index in [-0.39, 0.29) is 22.3 Å². The summed E-state index contributed by atoms with van der Waals surface area (Å²) in [5, 5.41) is 0.784. The average Bonchev–Trinajstić information content (AvgIpc) is 2.66. The number of nitrogens with zero attached hydrogens (tertiary/aromatic N) is 1. The van der Waals surface area contributed by atoms with E-state index in [4.69, 9.17) is 4.74 Å². The second-order valence-corrected chi connectivity index (χ2v) is 8.33. The lowest BCUT2D eigenvalue weighted by Crippen LogP contribution is -2.46. The van der Waals surface area contributed by atoms with Crippen molar-refractivity contribution in [2.24, 2.45) is 0 Å². The average molecular weight is 409 g/mol. The Hall–Kier alpha value is -2.36. The number of carbonyl (C=O) groups is 2. The van der Waals surface area contributed by atoms with Crippen molar-refractivity contribution in [1.82, 2.24) is 9.84 Å². The summed E-state index contributed by atoms with van der Waals surface area (Å²) in [4.78, 5) is 25.9. The molecule has 2 aromatic rings. The minimum absolute atomic E-state index is 0.00613. The van der Waals surface area contributed by atoms with Crippen molar-refractivity contribution in [3.8, 4) is 5.75 Å². The number of methoxy groups -OCH3 is 1. The van der Waals surface area contributed by atoms with Gasteiger partial charge in [0.1, 0.15) is 5.75 Å². The Morgan fingerprint density at radius 3 is 2.26 bits per heavy atom. The fourth-order valence-electron chi connectivity index (χ4n) is 2.13.